The lowest BCUT2D eigenvalue weighted by atomic mass is 10.2. The van der Waals surface area contributed by atoms with E-state index in [9.17, 15) is 9.59 Å². The quantitative estimate of drug-likeness (QED) is 0.863. The largest absolute Gasteiger partial charge is 0.447 e. The second kappa shape index (κ2) is 5.84. The first kappa shape index (κ1) is 14.1. The van der Waals surface area contributed by atoms with Crippen LogP contribution in [0.4, 0.5) is 9.59 Å². The van der Waals surface area contributed by atoms with Crippen molar-refractivity contribution in [3.05, 3.63) is 10.0 Å². The molecule has 114 valence electrons. The van der Waals surface area contributed by atoms with Crippen molar-refractivity contribution in [3.8, 4) is 0 Å². The lowest BCUT2D eigenvalue weighted by Gasteiger charge is -2.35. The highest BCUT2D eigenvalue weighted by atomic mass is 32.1. The van der Waals surface area contributed by atoms with E-state index in [1.807, 2.05) is 6.92 Å². The smallest absolute Gasteiger partial charge is 0.410 e. The van der Waals surface area contributed by atoms with Crippen molar-refractivity contribution in [1.29, 1.82) is 0 Å². The van der Waals surface area contributed by atoms with Crippen molar-refractivity contribution >= 4 is 23.5 Å². The Labute approximate surface area is 126 Å². The molecule has 1 N–H and O–H groups in total. The molecule has 1 atom stereocenters. The number of hydrogen-bond donors (Lipinski definition) is 1. The lowest BCUT2D eigenvalue weighted by Crippen LogP contribution is -2.56. The molecule has 3 rings (SSSR count). The van der Waals surface area contributed by atoms with E-state index in [0.717, 1.165) is 10.0 Å². The van der Waals surface area contributed by atoms with Crippen LogP contribution in [0.1, 0.15) is 10.0 Å². The van der Waals surface area contributed by atoms with Gasteiger partial charge in [0.2, 0.25) is 0 Å². The highest BCUT2D eigenvalue weighted by Crippen LogP contribution is 2.17. The van der Waals surface area contributed by atoms with E-state index in [1.54, 1.807) is 9.80 Å². The van der Waals surface area contributed by atoms with Gasteiger partial charge in [-0.2, -0.15) is 0 Å². The van der Waals surface area contributed by atoms with E-state index < -0.39 is 0 Å². The van der Waals surface area contributed by atoms with Crippen LogP contribution < -0.4 is 5.32 Å². The zero-order valence-electron chi connectivity index (χ0n) is 11.7. The summed E-state index contributed by atoms with van der Waals surface area (Å²) >= 11 is 1.54. The monoisotopic (exact) mass is 311 g/mol. The van der Waals surface area contributed by atoms with Crippen molar-refractivity contribution < 1.29 is 14.3 Å². The average Bonchev–Trinajstić information content (AvgIpc) is 3.05. The predicted octanol–water partition coefficient (Wildman–Crippen LogP) is 0.235. The Balaban J connectivity index is 1.44. The van der Waals surface area contributed by atoms with E-state index in [4.69, 9.17) is 4.74 Å². The third-order valence-electron chi connectivity index (χ3n) is 3.59. The maximum Gasteiger partial charge on any atom is 0.410 e. The number of ether oxygens (including phenoxy) is 1. The summed E-state index contributed by atoms with van der Waals surface area (Å²) in [6, 6.07) is -0.113. The number of rotatable bonds is 3. The van der Waals surface area contributed by atoms with Crippen LogP contribution >= 0.6 is 11.3 Å². The minimum atomic E-state index is -0.272. The maximum atomic E-state index is 12.1. The Hall–Kier alpha value is -1.90. The number of urea groups is 1. The van der Waals surface area contributed by atoms with Gasteiger partial charge in [0.1, 0.15) is 16.6 Å². The van der Waals surface area contributed by atoms with Gasteiger partial charge in [0.25, 0.3) is 0 Å². The van der Waals surface area contributed by atoms with Crippen LogP contribution in [0, 0.1) is 6.92 Å². The van der Waals surface area contributed by atoms with E-state index in [-0.39, 0.29) is 18.2 Å². The molecular weight excluding hydrogens is 294 g/mol. The first-order chi connectivity index (χ1) is 10.1. The Bertz CT molecular complexity index is 549. The Morgan fingerprint density at radius 1 is 1.48 bits per heavy atom. The maximum absolute atomic E-state index is 12.1. The molecule has 0 aromatic carbocycles. The topological polar surface area (TPSA) is 87.7 Å². The summed E-state index contributed by atoms with van der Waals surface area (Å²) in [6.45, 7) is 4.40. The van der Waals surface area contributed by atoms with Crippen LogP contribution in [0.15, 0.2) is 0 Å². The van der Waals surface area contributed by atoms with Gasteiger partial charge in [0, 0.05) is 32.6 Å². The number of aromatic nitrogens is 2. The van der Waals surface area contributed by atoms with Gasteiger partial charge in [-0.05, 0) is 6.92 Å². The SMILES string of the molecule is Cc1nnc(CCNC(=O)N2CCN3C(=O)OCC3C2)s1. The molecule has 2 saturated heterocycles. The molecule has 3 amide bonds. The number of cyclic esters (lactones) is 1. The third-order valence-corrected chi connectivity index (χ3v) is 4.49. The average molecular weight is 311 g/mol. The van der Waals surface area contributed by atoms with Crippen LogP contribution in [0.25, 0.3) is 0 Å². The fourth-order valence-corrected chi connectivity index (χ4v) is 3.21. The van der Waals surface area contributed by atoms with Crippen LogP contribution in [0.3, 0.4) is 0 Å². The minimum absolute atomic E-state index is 0.0113. The summed E-state index contributed by atoms with van der Waals surface area (Å²) in [4.78, 5) is 26.9. The summed E-state index contributed by atoms with van der Waals surface area (Å²) < 4.78 is 4.98. The molecule has 0 radical (unpaired) electrons. The zero-order valence-corrected chi connectivity index (χ0v) is 12.6. The number of nitrogens with zero attached hydrogens (tertiary/aromatic N) is 4. The molecule has 9 heteroatoms. The molecule has 0 saturated carbocycles. The van der Waals surface area contributed by atoms with Gasteiger partial charge in [0.05, 0.1) is 6.04 Å². The molecule has 2 aliphatic heterocycles. The number of nitrogens with one attached hydrogen (secondary N) is 1. The Morgan fingerprint density at radius 2 is 2.33 bits per heavy atom. The molecule has 0 bridgehead atoms. The molecule has 1 aromatic heterocycles. The predicted molar refractivity (Wildman–Crippen MR) is 75.2 cm³/mol. The van der Waals surface area contributed by atoms with Crippen LogP contribution in [-0.4, -0.2) is 70.9 Å². The summed E-state index contributed by atoms with van der Waals surface area (Å²) in [6.07, 6.45) is 0.411. The summed E-state index contributed by atoms with van der Waals surface area (Å²) in [7, 11) is 0. The van der Waals surface area contributed by atoms with Gasteiger partial charge in [-0.3, -0.25) is 4.90 Å². The molecule has 2 aliphatic rings. The number of fused-ring (bicyclic) bond motifs is 1. The van der Waals surface area contributed by atoms with Gasteiger partial charge in [-0.15, -0.1) is 21.5 Å². The lowest BCUT2D eigenvalue weighted by molar-refractivity contribution is 0.127. The minimum Gasteiger partial charge on any atom is -0.447 e. The van der Waals surface area contributed by atoms with E-state index in [2.05, 4.69) is 15.5 Å². The number of carbonyl (C=O) groups excluding carboxylic acids is 2. The molecule has 0 spiro atoms. The van der Waals surface area contributed by atoms with Crippen molar-refractivity contribution in [2.24, 2.45) is 0 Å². The fraction of sp³-hybridized carbons (Fsp3) is 0.667. The first-order valence-corrected chi connectivity index (χ1v) is 7.70. The molecule has 21 heavy (non-hydrogen) atoms. The van der Waals surface area contributed by atoms with Crippen molar-refractivity contribution in [2.45, 2.75) is 19.4 Å². The number of hydrogen-bond acceptors (Lipinski definition) is 6. The number of aryl methyl sites for hydroxylation is 1. The van der Waals surface area contributed by atoms with E-state index in [0.29, 0.717) is 39.2 Å². The molecule has 1 aromatic rings. The van der Waals surface area contributed by atoms with Crippen LogP contribution in [-0.2, 0) is 11.2 Å². The second-order valence-corrected chi connectivity index (χ2v) is 6.33. The van der Waals surface area contributed by atoms with Gasteiger partial charge in [0.15, 0.2) is 0 Å². The normalized spacial score (nSPS) is 21.2. The highest BCUT2D eigenvalue weighted by molar-refractivity contribution is 7.11. The Kier molecular flexibility index (Phi) is 3.91. The van der Waals surface area contributed by atoms with Gasteiger partial charge in [-0.25, -0.2) is 9.59 Å². The third kappa shape index (κ3) is 3.07. The standard InChI is InChI=1S/C12H17N5O3S/c1-8-14-15-10(21-8)2-3-13-11(18)16-4-5-17-9(6-16)7-20-12(17)19/h9H,2-7H2,1H3,(H,13,18). The summed E-state index contributed by atoms with van der Waals surface area (Å²) in [5.74, 6) is 0. The molecule has 8 nitrogen and oxygen atoms in total. The van der Waals surface area contributed by atoms with Crippen molar-refractivity contribution in [1.82, 2.24) is 25.3 Å². The van der Waals surface area contributed by atoms with E-state index in [1.165, 1.54) is 11.3 Å². The summed E-state index contributed by atoms with van der Waals surface area (Å²) in [5, 5.41) is 12.7. The molecule has 0 aliphatic carbocycles. The molecular formula is C12H17N5O3S. The van der Waals surface area contributed by atoms with Gasteiger partial charge in [-0.1, -0.05) is 0 Å². The number of piperazine rings is 1. The fourth-order valence-electron chi connectivity index (χ4n) is 2.50. The molecule has 1 unspecified atom stereocenters. The van der Waals surface area contributed by atoms with Gasteiger partial charge < -0.3 is 15.0 Å². The van der Waals surface area contributed by atoms with Crippen molar-refractivity contribution in [2.75, 3.05) is 32.8 Å². The molecule has 2 fully saturated rings. The van der Waals surface area contributed by atoms with Crippen LogP contribution in [0.2, 0.25) is 0 Å². The van der Waals surface area contributed by atoms with Crippen molar-refractivity contribution in [3.63, 3.8) is 0 Å². The zero-order chi connectivity index (χ0) is 14.8. The number of carbonyl (C=O) groups is 2. The second-order valence-electron chi connectivity index (χ2n) is 5.07. The highest BCUT2D eigenvalue weighted by Gasteiger charge is 2.38. The Morgan fingerprint density at radius 3 is 3.10 bits per heavy atom. The van der Waals surface area contributed by atoms with Gasteiger partial charge >= 0.3 is 12.1 Å². The van der Waals surface area contributed by atoms with Crippen LogP contribution in [0.5, 0.6) is 0 Å². The summed E-state index contributed by atoms with van der Waals surface area (Å²) in [5.41, 5.74) is 0. The number of amides is 3. The van der Waals surface area contributed by atoms with E-state index >= 15 is 0 Å². The molecule has 3 heterocycles. The first-order valence-electron chi connectivity index (χ1n) is 6.88.